The minimum atomic E-state index is -0.917. The molecule has 0 aromatic carbocycles. The number of likely N-dealkylation sites (tertiary alicyclic amines) is 2. The molecule has 3 nitrogen and oxygen atoms in total. The molecule has 0 saturated carbocycles. The lowest BCUT2D eigenvalue weighted by Gasteiger charge is -2.37. The van der Waals surface area contributed by atoms with Crippen LogP contribution in [0.25, 0.3) is 0 Å². The van der Waals surface area contributed by atoms with E-state index >= 15 is 0 Å². The van der Waals surface area contributed by atoms with Gasteiger partial charge in [0.25, 0.3) is 0 Å². The molecule has 1 aromatic heterocycles. The van der Waals surface area contributed by atoms with Crippen LogP contribution in [0.2, 0.25) is 0 Å². The second-order valence-electron chi connectivity index (χ2n) is 7.35. The van der Waals surface area contributed by atoms with Crippen LogP contribution in [0, 0.1) is 11.8 Å². The van der Waals surface area contributed by atoms with Crippen molar-refractivity contribution in [3.8, 4) is 11.8 Å². The van der Waals surface area contributed by atoms with Gasteiger partial charge in [-0.1, -0.05) is 11.8 Å². The molecule has 3 heterocycles. The fourth-order valence-electron chi connectivity index (χ4n) is 3.54. The molecule has 2 aliphatic heterocycles. The summed E-state index contributed by atoms with van der Waals surface area (Å²) in [5.74, 6) is 5.98. The third-order valence-corrected chi connectivity index (χ3v) is 5.66. The van der Waals surface area contributed by atoms with Crippen LogP contribution in [0.3, 0.4) is 0 Å². The van der Waals surface area contributed by atoms with Gasteiger partial charge in [0.05, 0.1) is 4.88 Å². The highest BCUT2D eigenvalue weighted by Gasteiger charge is 2.27. The first-order chi connectivity index (χ1) is 11.0. The van der Waals surface area contributed by atoms with Crippen LogP contribution in [0.1, 0.15) is 49.3 Å². The van der Waals surface area contributed by atoms with Crippen molar-refractivity contribution in [1.29, 1.82) is 0 Å². The molecule has 0 radical (unpaired) electrons. The second-order valence-corrected chi connectivity index (χ2v) is 8.52. The average molecular weight is 333 g/mol. The number of hydrogen-bond donors (Lipinski definition) is 1. The predicted octanol–water partition coefficient (Wildman–Crippen LogP) is 2.93. The van der Waals surface area contributed by atoms with Crippen LogP contribution >= 0.6 is 11.3 Å². The number of rotatable bonds is 3. The van der Waals surface area contributed by atoms with Crippen molar-refractivity contribution in [2.75, 3.05) is 26.2 Å². The minimum absolute atomic E-state index is 0.765. The number of piperidine rings is 1. The summed E-state index contributed by atoms with van der Waals surface area (Å²) in [7, 11) is 0. The molecule has 2 aliphatic rings. The quantitative estimate of drug-likeness (QED) is 0.862. The third-order valence-electron chi connectivity index (χ3n) is 4.67. The largest absolute Gasteiger partial charge is 0.378 e. The monoisotopic (exact) mass is 332 g/mol. The van der Waals surface area contributed by atoms with Crippen LogP contribution in [-0.4, -0.2) is 52.7 Å². The van der Waals surface area contributed by atoms with Crippen LogP contribution in [0.15, 0.2) is 12.1 Å². The fraction of sp³-hybridized carbons (Fsp3) is 0.684. The molecule has 1 atom stereocenters. The first-order valence-electron chi connectivity index (χ1n) is 8.80. The van der Waals surface area contributed by atoms with Gasteiger partial charge in [-0.15, -0.1) is 11.3 Å². The van der Waals surface area contributed by atoms with E-state index in [1.54, 1.807) is 25.2 Å². The van der Waals surface area contributed by atoms with Gasteiger partial charge < -0.3 is 5.11 Å². The van der Waals surface area contributed by atoms with Gasteiger partial charge in [-0.05, 0) is 71.3 Å². The number of aliphatic hydroxyl groups is 1. The fourth-order valence-corrected chi connectivity index (χ4v) is 4.45. The van der Waals surface area contributed by atoms with Crippen LogP contribution < -0.4 is 0 Å². The SMILES string of the molecule is CC(C)(O)C#Cc1ccc(CN2CCCC(N3CCCC3)C2)s1. The van der Waals surface area contributed by atoms with Crippen molar-refractivity contribution in [1.82, 2.24) is 9.80 Å². The van der Waals surface area contributed by atoms with Gasteiger partial charge in [-0.3, -0.25) is 9.80 Å². The highest BCUT2D eigenvalue weighted by Crippen LogP contribution is 2.24. The predicted molar refractivity (Wildman–Crippen MR) is 96.6 cm³/mol. The number of thiophene rings is 1. The Hall–Kier alpha value is -0.860. The summed E-state index contributed by atoms with van der Waals surface area (Å²) in [5.41, 5.74) is -0.917. The lowest BCUT2D eigenvalue weighted by Crippen LogP contribution is -2.46. The summed E-state index contributed by atoms with van der Waals surface area (Å²) < 4.78 is 0. The van der Waals surface area contributed by atoms with E-state index in [4.69, 9.17) is 0 Å². The molecular formula is C19H28N2OS. The Morgan fingerprint density at radius 1 is 1.22 bits per heavy atom. The summed E-state index contributed by atoms with van der Waals surface area (Å²) in [6, 6.07) is 5.04. The Morgan fingerprint density at radius 3 is 2.74 bits per heavy atom. The summed E-state index contributed by atoms with van der Waals surface area (Å²) in [6.45, 7) is 9.51. The molecular weight excluding hydrogens is 304 g/mol. The standard InChI is InChI=1S/C19H28N2OS/c1-19(2,22)10-9-17-7-8-18(23-17)15-20-11-5-6-16(14-20)21-12-3-4-13-21/h7-8,16,22H,3-6,11-15H2,1-2H3. The lowest BCUT2D eigenvalue weighted by atomic mass is 10.0. The maximum Gasteiger partial charge on any atom is 0.120 e. The molecule has 1 unspecified atom stereocenters. The van der Waals surface area contributed by atoms with E-state index in [0.717, 1.165) is 17.5 Å². The Morgan fingerprint density at radius 2 is 2.00 bits per heavy atom. The van der Waals surface area contributed by atoms with Crippen molar-refractivity contribution in [2.45, 2.75) is 57.7 Å². The minimum Gasteiger partial charge on any atom is -0.378 e. The third kappa shape index (κ3) is 5.06. The Balaban J connectivity index is 1.56. The molecule has 1 N–H and O–H groups in total. The van der Waals surface area contributed by atoms with Gasteiger partial charge in [0.1, 0.15) is 5.60 Å². The molecule has 2 fully saturated rings. The lowest BCUT2D eigenvalue weighted by molar-refractivity contribution is 0.111. The summed E-state index contributed by atoms with van der Waals surface area (Å²) in [6.07, 6.45) is 5.44. The highest BCUT2D eigenvalue weighted by molar-refractivity contribution is 7.12. The Labute approximate surface area is 144 Å². The van der Waals surface area contributed by atoms with Gasteiger partial charge in [-0.25, -0.2) is 0 Å². The molecule has 0 spiro atoms. The molecule has 4 heteroatoms. The van der Waals surface area contributed by atoms with Gasteiger partial charge >= 0.3 is 0 Å². The molecule has 1 aromatic rings. The van der Waals surface area contributed by atoms with E-state index in [0.29, 0.717) is 0 Å². The zero-order chi connectivity index (χ0) is 16.3. The van der Waals surface area contributed by atoms with Gasteiger partial charge in [0.15, 0.2) is 0 Å². The topological polar surface area (TPSA) is 26.7 Å². The van der Waals surface area contributed by atoms with Gasteiger partial charge in [-0.2, -0.15) is 0 Å². The van der Waals surface area contributed by atoms with Crippen molar-refractivity contribution in [3.05, 3.63) is 21.9 Å². The van der Waals surface area contributed by atoms with Gasteiger partial charge in [0.2, 0.25) is 0 Å². The maximum absolute atomic E-state index is 9.70. The van der Waals surface area contributed by atoms with E-state index < -0.39 is 5.60 Å². The molecule has 0 aliphatic carbocycles. The zero-order valence-electron chi connectivity index (χ0n) is 14.3. The summed E-state index contributed by atoms with van der Waals surface area (Å²) >= 11 is 1.76. The maximum atomic E-state index is 9.70. The summed E-state index contributed by atoms with van der Waals surface area (Å²) in [4.78, 5) is 7.73. The summed E-state index contributed by atoms with van der Waals surface area (Å²) in [5, 5.41) is 9.70. The zero-order valence-corrected chi connectivity index (χ0v) is 15.2. The smallest absolute Gasteiger partial charge is 0.120 e. The molecule has 23 heavy (non-hydrogen) atoms. The number of nitrogens with zero attached hydrogens (tertiary/aromatic N) is 2. The van der Waals surface area contributed by atoms with E-state index in [2.05, 4.69) is 33.8 Å². The van der Waals surface area contributed by atoms with Crippen LogP contribution in [0.4, 0.5) is 0 Å². The first kappa shape index (κ1) is 17.0. The van der Waals surface area contributed by atoms with E-state index in [1.165, 1.54) is 56.7 Å². The van der Waals surface area contributed by atoms with Crippen molar-refractivity contribution < 1.29 is 5.11 Å². The van der Waals surface area contributed by atoms with E-state index in [-0.39, 0.29) is 0 Å². The number of hydrogen-bond acceptors (Lipinski definition) is 4. The van der Waals surface area contributed by atoms with Crippen LogP contribution in [-0.2, 0) is 6.54 Å². The average Bonchev–Trinajstić information content (AvgIpc) is 3.16. The molecule has 126 valence electrons. The van der Waals surface area contributed by atoms with E-state index in [9.17, 15) is 5.11 Å². The van der Waals surface area contributed by atoms with Crippen molar-refractivity contribution in [3.63, 3.8) is 0 Å². The Kier molecular flexibility index (Phi) is 5.43. The van der Waals surface area contributed by atoms with Crippen molar-refractivity contribution in [2.24, 2.45) is 0 Å². The van der Waals surface area contributed by atoms with Gasteiger partial charge in [0, 0.05) is 24.0 Å². The van der Waals surface area contributed by atoms with Crippen molar-refractivity contribution >= 4 is 11.3 Å². The van der Waals surface area contributed by atoms with Crippen LogP contribution in [0.5, 0.6) is 0 Å². The second kappa shape index (κ2) is 7.36. The molecule has 3 rings (SSSR count). The Bertz CT molecular complexity index is 572. The molecule has 2 saturated heterocycles. The highest BCUT2D eigenvalue weighted by atomic mass is 32.1. The first-order valence-corrected chi connectivity index (χ1v) is 9.62. The normalized spacial score (nSPS) is 23.7. The van der Waals surface area contributed by atoms with E-state index in [1.807, 2.05) is 0 Å². The molecule has 0 amide bonds. The molecule has 0 bridgehead atoms.